The van der Waals surface area contributed by atoms with Crippen LogP contribution in [0.2, 0.25) is 0 Å². The van der Waals surface area contributed by atoms with Crippen molar-refractivity contribution in [1.82, 2.24) is 0 Å². The van der Waals surface area contributed by atoms with E-state index in [9.17, 15) is 9.59 Å². The maximum atomic E-state index is 11.0. The lowest BCUT2D eigenvalue weighted by Crippen LogP contribution is -2.01. The fourth-order valence-corrected chi connectivity index (χ4v) is 0.888. The number of hydrogen-bond donors (Lipinski definition) is 1. The highest BCUT2D eigenvalue weighted by Gasteiger charge is 2.03. The number of methoxy groups -OCH3 is 1. The van der Waals surface area contributed by atoms with Crippen molar-refractivity contribution in [3.63, 3.8) is 0 Å². The molecule has 0 unspecified atom stereocenters. The number of hydrogen-bond acceptors (Lipinski definition) is 3. The summed E-state index contributed by atoms with van der Waals surface area (Å²) in [7, 11) is 1.32. The van der Waals surface area contributed by atoms with Crippen molar-refractivity contribution in [2.45, 2.75) is 0 Å². The van der Waals surface area contributed by atoms with Gasteiger partial charge in [-0.3, -0.25) is 4.79 Å². The molecular weight excluding hydrogens is 170 g/mol. The summed E-state index contributed by atoms with van der Waals surface area (Å²) in [6, 6.07) is 6.41. The van der Waals surface area contributed by atoms with Gasteiger partial charge in [0, 0.05) is 5.69 Å². The van der Waals surface area contributed by atoms with Crippen molar-refractivity contribution in [2.24, 2.45) is 0 Å². The van der Waals surface area contributed by atoms with E-state index < -0.39 is 5.97 Å². The zero-order valence-corrected chi connectivity index (χ0v) is 7.11. The van der Waals surface area contributed by atoms with Gasteiger partial charge in [0.05, 0.1) is 12.7 Å². The Bertz CT molecular complexity index is 305. The minimum absolute atomic E-state index is 0.391. The maximum Gasteiger partial charge on any atom is 0.337 e. The average Bonchev–Trinajstić information content (AvgIpc) is 2.18. The third kappa shape index (κ3) is 2.30. The lowest BCUT2D eigenvalue weighted by atomic mass is 10.2. The molecule has 0 radical (unpaired) electrons. The van der Waals surface area contributed by atoms with E-state index in [4.69, 9.17) is 0 Å². The van der Waals surface area contributed by atoms with Crippen LogP contribution in [0, 0.1) is 0 Å². The summed E-state index contributed by atoms with van der Waals surface area (Å²) >= 11 is 0. The highest BCUT2D eigenvalue weighted by atomic mass is 16.5. The van der Waals surface area contributed by atoms with Gasteiger partial charge < -0.3 is 10.1 Å². The molecule has 1 amide bonds. The number of esters is 1. The van der Waals surface area contributed by atoms with E-state index in [2.05, 4.69) is 10.1 Å². The number of amides is 1. The summed E-state index contributed by atoms with van der Waals surface area (Å²) < 4.78 is 4.51. The van der Waals surface area contributed by atoms with Gasteiger partial charge in [-0.05, 0) is 24.3 Å². The molecule has 1 rings (SSSR count). The quantitative estimate of drug-likeness (QED) is 0.557. The second kappa shape index (κ2) is 4.25. The van der Waals surface area contributed by atoms with Crippen molar-refractivity contribution >= 4 is 18.1 Å². The van der Waals surface area contributed by atoms with Gasteiger partial charge in [0.2, 0.25) is 6.41 Å². The fourth-order valence-electron chi connectivity index (χ4n) is 0.888. The minimum atomic E-state index is -0.391. The van der Waals surface area contributed by atoms with E-state index in [0.29, 0.717) is 17.7 Å². The van der Waals surface area contributed by atoms with Crippen LogP contribution in [-0.4, -0.2) is 19.5 Å². The first-order chi connectivity index (χ1) is 6.27. The molecule has 0 saturated heterocycles. The van der Waals surface area contributed by atoms with E-state index in [0.717, 1.165) is 0 Å². The molecule has 0 aliphatic heterocycles. The molecule has 1 N–H and O–H groups in total. The number of carbonyl (C=O) groups excluding carboxylic acids is 2. The van der Waals surface area contributed by atoms with Gasteiger partial charge in [0.1, 0.15) is 0 Å². The van der Waals surface area contributed by atoms with Crippen LogP contribution in [0.4, 0.5) is 5.69 Å². The highest BCUT2D eigenvalue weighted by Crippen LogP contribution is 2.08. The van der Waals surface area contributed by atoms with Crippen LogP contribution in [0.15, 0.2) is 24.3 Å². The van der Waals surface area contributed by atoms with Crippen LogP contribution < -0.4 is 5.32 Å². The first-order valence-corrected chi connectivity index (χ1v) is 3.66. The first kappa shape index (κ1) is 9.25. The Labute approximate surface area is 75.5 Å². The molecule has 0 aliphatic rings. The summed E-state index contributed by atoms with van der Waals surface area (Å²) in [5.74, 6) is -0.391. The van der Waals surface area contributed by atoms with Crippen LogP contribution in [0.3, 0.4) is 0 Å². The molecule has 1 aromatic carbocycles. The van der Waals surface area contributed by atoms with Crippen molar-refractivity contribution < 1.29 is 14.3 Å². The van der Waals surface area contributed by atoms with E-state index in [1.807, 2.05) is 0 Å². The highest BCUT2D eigenvalue weighted by molar-refractivity contribution is 5.90. The van der Waals surface area contributed by atoms with E-state index in [1.54, 1.807) is 24.3 Å². The summed E-state index contributed by atoms with van der Waals surface area (Å²) in [6.07, 6.45) is 0.577. The third-order valence-corrected chi connectivity index (χ3v) is 1.53. The Balaban J connectivity index is 2.80. The van der Waals surface area contributed by atoms with Crippen molar-refractivity contribution in [2.75, 3.05) is 12.4 Å². The SMILES string of the molecule is COC(=O)c1ccc(NC=O)cc1. The van der Waals surface area contributed by atoms with Crippen LogP contribution in [-0.2, 0) is 9.53 Å². The standard InChI is InChI=1S/C9H9NO3/c1-13-9(12)7-2-4-8(5-3-7)10-6-11/h2-6H,1H3,(H,10,11). The van der Waals surface area contributed by atoms with Gasteiger partial charge in [-0.1, -0.05) is 0 Å². The van der Waals surface area contributed by atoms with Crippen LogP contribution in [0.5, 0.6) is 0 Å². The number of benzene rings is 1. The van der Waals surface area contributed by atoms with Crippen molar-refractivity contribution in [3.8, 4) is 0 Å². The monoisotopic (exact) mass is 179 g/mol. The Morgan fingerprint density at radius 3 is 2.46 bits per heavy atom. The fraction of sp³-hybridized carbons (Fsp3) is 0.111. The molecule has 1 aromatic rings. The second-order valence-electron chi connectivity index (χ2n) is 2.33. The van der Waals surface area contributed by atoms with Gasteiger partial charge in [0.25, 0.3) is 0 Å². The number of ether oxygens (including phenoxy) is 1. The maximum absolute atomic E-state index is 11.0. The summed E-state index contributed by atoms with van der Waals surface area (Å²) in [4.78, 5) is 21.0. The zero-order chi connectivity index (χ0) is 9.68. The molecule has 0 saturated carbocycles. The normalized spacial score (nSPS) is 9.00. The van der Waals surface area contributed by atoms with Gasteiger partial charge in [-0.2, -0.15) is 0 Å². The Kier molecular flexibility index (Phi) is 3.03. The van der Waals surface area contributed by atoms with E-state index in [-0.39, 0.29) is 0 Å². The molecule has 4 nitrogen and oxygen atoms in total. The Morgan fingerprint density at radius 1 is 1.38 bits per heavy atom. The largest absolute Gasteiger partial charge is 0.465 e. The Morgan fingerprint density at radius 2 is 2.00 bits per heavy atom. The molecule has 4 heteroatoms. The molecule has 0 atom stereocenters. The first-order valence-electron chi connectivity index (χ1n) is 3.66. The van der Waals surface area contributed by atoms with Crippen LogP contribution in [0.25, 0.3) is 0 Å². The number of anilines is 1. The van der Waals surface area contributed by atoms with Gasteiger partial charge >= 0.3 is 5.97 Å². The molecule has 0 heterocycles. The molecule has 0 fully saturated rings. The second-order valence-corrected chi connectivity index (χ2v) is 2.33. The lowest BCUT2D eigenvalue weighted by molar-refractivity contribution is -0.105. The van der Waals surface area contributed by atoms with Crippen LogP contribution >= 0.6 is 0 Å². The van der Waals surface area contributed by atoms with Crippen molar-refractivity contribution in [3.05, 3.63) is 29.8 Å². The summed E-state index contributed by atoms with van der Waals surface area (Å²) in [6.45, 7) is 0. The zero-order valence-electron chi connectivity index (χ0n) is 7.11. The minimum Gasteiger partial charge on any atom is -0.465 e. The molecule has 0 bridgehead atoms. The smallest absolute Gasteiger partial charge is 0.337 e. The molecule has 68 valence electrons. The topological polar surface area (TPSA) is 55.4 Å². The van der Waals surface area contributed by atoms with Gasteiger partial charge in [-0.25, -0.2) is 4.79 Å². The molecule has 0 aliphatic carbocycles. The third-order valence-electron chi connectivity index (χ3n) is 1.53. The summed E-state index contributed by atoms with van der Waals surface area (Å²) in [5.41, 5.74) is 1.10. The van der Waals surface area contributed by atoms with E-state index >= 15 is 0 Å². The van der Waals surface area contributed by atoms with Gasteiger partial charge in [0.15, 0.2) is 0 Å². The summed E-state index contributed by atoms with van der Waals surface area (Å²) in [5, 5.41) is 2.46. The number of carbonyl (C=O) groups is 2. The predicted octanol–water partition coefficient (Wildman–Crippen LogP) is 1.04. The number of nitrogens with one attached hydrogen (secondary N) is 1. The average molecular weight is 179 g/mol. The van der Waals surface area contributed by atoms with Gasteiger partial charge in [-0.15, -0.1) is 0 Å². The predicted molar refractivity (Wildman–Crippen MR) is 47.5 cm³/mol. The number of rotatable bonds is 3. The molecule has 0 aromatic heterocycles. The van der Waals surface area contributed by atoms with Crippen LogP contribution in [0.1, 0.15) is 10.4 Å². The lowest BCUT2D eigenvalue weighted by Gasteiger charge is -2.00. The molecular formula is C9H9NO3. The van der Waals surface area contributed by atoms with Crippen molar-refractivity contribution in [1.29, 1.82) is 0 Å². The Hall–Kier alpha value is -1.84. The molecule has 13 heavy (non-hydrogen) atoms. The molecule has 0 spiro atoms. The van der Waals surface area contributed by atoms with E-state index in [1.165, 1.54) is 7.11 Å².